The monoisotopic (exact) mass is 374 g/mol. The summed E-state index contributed by atoms with van der Waals surface area (Å²) in [6, 6.07) is 12.1. The molecule has 0 spiro atoms. The van der Waals surface area contributed by atoms with Crippen LogP contribution in [0.25, 0.3) is 5.69 Å². The highest BCUT2D eigenvalue weighted by atomic mass is 16.2. The number of aryl methyl sites for hydroxylation is 3. The van der Waals surface area contributed by atoms with Gasteiger partial charge in [-0.1, -0.05) is 24.6 Å². The SMILES string of the molecule is Cc1cc(C)c(NC(=O)c2nn(-c3ccccc3)c3c2CCCCC3)c(C)n1. The normalized spacial score (nSPS) is 13.7. The Labute approximate surface area is 165 Å². The topological polar surface area (TPSA) is 59.8 Å². The molecule has 1 aliphatic rings. The van der Waals surface area contributed by atoms with Crippen molar-refractivity contribution in [2.45, 2.75) is 52.9 Å². The first-order chi connectivity index (χ1) is 13.5. The first-order valence-corrected chi connectivity index (χ1v) is 9.97. The molecule has 1 aromatic carbocycles. The number of para-hydroxylation sites is 1. The maximum Gasteiger partial charge on any atom is 0.276 e. The van der Waals surface area contributed by atoms with E-state index in [9.17, 15) is 4.79 Å². The standard InChI is InChI=1S/C23H26N4O/c1-15-14-16(2)24-17(3)21(15)25-23(28)22-19-12-8-5-9-13-20(19)27(26-22)18-10-6-4-7-11-18/h4,6-7,10-11,14H,5,8-9,12-13H2,1-3H3,(H,25,28). The number of hydrogen-bond donors (Lipinski definition) is 1. The lowest BCUT2D eigenvalue weighted by molar-refractivity contribution is 0.102. The zero-order chi connectivity index (χ0) is 19.7. The van der Waals surface area contributed by atoms with Crippen molar-refractivity contribution in [3.63, 3.8) is 0 Å². The summed E-state index contributed by atoms with van der Waals surface area (Å²) >= 11 is 0. The molecule has 0 saturated carbocycles. The van der Waals surface area contributed by atoms with Gasteiger partial charge in [0, 0.05) is 17.0 Å². The largest absolute Gasteiger partial charge is 0.319 e. The predicted octanol–water partition coefficient (Wildman–Crippen LogP) is 4.71. The maximum absolute atomic E-state index is 13.2. The van der Waals surface area contributed by atoms with Crippen LogP contribution in [0.2, 0.25) is 0 Å². The summed E-state index contributed by atoms with van der Waals surface area (Å²) in [5.74, 6) is -0.148. The van der Waals surface area contributed by atoms with Crippen molar-refractivity contribution >= 4 is 11.6 Å². The Morgan fingerprint density at radius 1 is 1.04 bits per heavy atom. The second-order valence-electron chi connectivity index (χ2n) is 7.58. The Kier molecular flexibility index (Phi) is 4.99. The number of pyridine rings is 1. The molecule has 1 N–H and O–H groups in total. The molecular formula is C23H26N4O. The minimum absolute atomic E-state index is 0.148. The van der Waals surface area contributed by atoms with Gasteiger partial charge < -0.3 is 5.32 Å². The second kappa shape index (κ2) is 7.58. The molecular weight excluding hydrogens is 348 g/mol. The van der Waals surface area contributed by atoms with Crippen molar-refractivity contribution in [3.8, 4) is 5.69 Å². The van der Waals surface area contributed by atoms with Crippen molar-refractivity contribution in [2.24, 2.45) is 0 Å². The summed E-state index contributed by atoms with van der Waals surface area (Å²) in [6.07, 6.45) is 5.26. The van der Waals surface area contributed by atoms with E-state index in [1.165, 1.54) is 12.1 Å². The summed E-state index contributed by atoms with van der Waals surface area (Å²) in [6.45, 7) is 5.89. The van der Waals surface area contributed by atoms with Crippen LogP contribution in [-0.2, 0) is 12.8 Å². The van der Waals surface area contributed by atoms with Crippen LogP contribution < -0.4 is 5.32 Å². The van der Waals surface area contributed by atoms with Gasteiger partial charge in [0.25, 0.3) is 5.91 Å². The van der Waals surface area contributed by atoms with Gasteiger partial charge in [0.1, 0.15) is 0 Å². The summed E-state index contributed by atoms with van der Waals surface area (Å²) in [5, 5.41) is 7.84. The fourth-order valence-corrected chi connectivity index (χ4v) is 4.13. The number of nitrogens with one attached hydrogen (secondary N) is 1. The number of benzene rings is 1. The van der Waals surface area contributed by atoms with Crippen molar-refractivity contribution in [3.05, 3.63) is 70.3 Å². The van der Waals surface area contributed by atoms with Gasteiger partial charge in [-0.25, -0.2) is 4.68 Å². The highest BCUT2D eigenvalue weighted by molar-refractivity contribution is 6.04. The van der Waals surface area contributed by atoms with Crippen molar-refractivity contribution < 1.29 is 4.79 Å². The molecule has 5 nitrogen and oxygen atoms in total. The first kappa shape index (κ1) is 18.4. The average molecular weight is 374 g/mol. The molecule has 3 aromatic rings. The number of amides is 1. The van der Waals surface area contributed by atoms with Gasteiger partial charge in [0.15, 0.2) is 5.69 Å². The van der Waals surface area contributed by atoms with Crippen molar-refractivity contribution in [1.29, 1.82) is 0 Å². The molecule has 2 heterocycles. The average Bonchev–Trinajstić information content (AvgIpc) is 2.86. The van der Waals surface area contributed by atoms with Crippen LogP contribution in [0.4, 0.5) is 5.69 Å². The molecule has 0 fully saturated rings. The third kappa shape index (κ3) is 3.44. The van der Waals surface area contributed by atoms with E-state index in [0.717, 1.165) is 59.6 Å². The van der Waals surface area contributed by atoms with Crippen LogP contribution in [0.5, 0.6) is 0 Å². The Balaban J connectivity index is 1.75. The van der Waals surface area contributed by atoms with Gasteiger partial charge in [-0.2, -0.15) is 5.10 Å². The molecule has 5 heteroatoms. The number of hydrogen-bond acceptors (Lipinski definition) is 3. The Bertz CT molecular complexity index is 998. The van der Waals surface area contributed by atoms with E-state index in [1.54, 1.807) is 0 Å². The van der Waals surface area contributed by atoms with Crippen LogP contribution in [0.1, 0.15) is 58.0 Å². The van der Waals surface area contributed by atoms with Crippen LogP contribution >= 0.6 is 0 Å². The third-order valence-electron chi connectivity index (χ3n) is 5.41. The smallest absolute Gasteiger partial charge is 0.276 e. The van der Waals surface area contributed by atoms with Crippen LogP contribution in [0.3, 0.4) is 0 Å². The molecule has 0 unspecified atom stereocenters. The van der Waals surface area contributed by atoms with Crippen LogP contribution in [0.15, 0.2) is 36.4 Å². The number of fused-ring (bicyclic) bond motifs is 1. The van der Waals surface area contributed by atoms with Crippen molar-refractivity contribution in [2.75, 3.05) is 5.32 Å². The van der Waals surface area contributed by atoms with E-state index in [0.29, 0.717) is 5.69 Å². The van der Waals surface area contributed by atoms with Gasteiger partial charge in [0.05, 0.1) is 17.1 Å². The zero-order valence-electron chi connectivity index (χ0n) is 16.7. The van der Waals surface area contributed by atoms with E-state index in [4.69, 9.17) is 5.10 Å². The highest BCUT2D eigenvalue weighted by Crippen LogP contribution is 2.28. The van der Waals surface area contributed by atoms with Crippen molar-refractivity contribution in [1.82, 2.24) is 14.8 Å². The van der Waals surface area contributed by atoms with E-state index in [2.05, 4.69) is 10.3 Å². The zero-order valence-corrected chi connectivity index (χ0v) is 16.7. The molecule has 0 atom stereocenters. The number of anilines is 1. The molecule has 1 aliphatic carbocycles. The van der Waals surface area contributed by atoms with Gasteiger partial charge >= 0.3 is 0 Å². The Morgan fingerprint density at radius 2 is 1.79 bits per heavy atom. The molecule has 0 radical (unpaired) electrons. The van der Waals surface area contributed by atoms with Crippen LogP contribution in [0, 0.1) is 20.8 Å². The summed E-state index contributed by atoms with van der Waals surface area (Å²) < 4.78 is 1.96. The third-order valence-corrected chi connectivity index (χ3v) is 5.41. The quantitative estimate of drug-likeness (QED) is 0.675. The summed E-state index contributed by atoms with van der Waals surface area (Å²) in [4.78, 5) is 17.7. The molecule has 144 valence electrons. The molecule has 0 saturated heterocycles. The summed E-state index contributed by atoms with van der Waals surface area (Å²) in [5.41, 5.74) is 7.40. The van der Waals surface area contributed by atoms with E-state index >= 15 is 0 Å². The van der Waals surface area contributed by atoms with E-state index < -0.39 is 0 Å². The minimum Gasteiger partial charge on any atom is -0.319 e. The summed E-state index contributed by atoms with van der Waals surface area (Å²) in [7, 11) is 0. The second-order valence-corrected chi connectivity index (χ2v) is 7.58. The van der Waals surface area contributed by atoms with Gasteiger partial charge in [-0.3, -0.25) is 9.78 Å². The maximum atomic E-state index is 13.2. The van der Waals surface area contributed by atoms with Gasteiger partial charge in [-0.15, -0.1) is 0 Å². The highest BCUT2D eigenvalue weighted by Gasteiger charge is 2.25. The Morgan fingerprint density at radius 3 is 2.54 bits per heavy atom. The Hall–Kier alpha value is -2.95. The fourth-order valence-electron chi connectivity index (χ4n) is 4.13. The number of nitrogens with zero attached hydrogens (tertiary/aromatic N) is 3. The number of carbonyl (C=O) groups excluding carboxylic acids is 1. The molecule has 0 bridgehead atoms. The van der Waals surface area contributed by atoms with E-state index in [-0.39, 0.29) is 5.91 Å². The number of rotatable bonds is 3. The molecule has 0 aliphatic heterocycles. The molecule has 2 aromatic heterocycles. The molecule has 1 amide bonds. The molecule has 28 heavy (non-hydrogen) atoms. The lowest BCUT2D eigenvalue weighted by atomic mass is 10.1. The molecule has 4 rings (SSSR count). The number of aromatic nitrogens is 3. The fraction of sp³-hybridized carbons (Fsp3) is 0.348. The predicted molar refractivity (Wildman–Crippen MR) is 111 cm³/mol. The lowest BCUT2D eigenvalue weighted by Crippen LogP contribution is -2.17. The van der Waals surface area contributed by atoms with Gasteiger partial charge in [0.2, 0.25) is 0 Å². The number of carbonyl (C=O) groups is 1. The first-order valence-electron chi connectivity index (χ1n) is 9.97. The lowest BCUT2D eigenvalue weighted by Gasteiger charge is -2.11. The van der Waals surface area contributed by atoms with E-state index in [1.807, 2.05) is 61.9 Å². The van der Waals surface area contributed by atoms with Gasteiger partial charge in [-0.05, 0) is 70.2 Å². The van der Waals surface area contributed by atoms with Crippen LogP contribution in [-0.4, -0.2) is 20.7 Å². The minimum atomic E-state index is -0.148.